The summed E-state index contributed by atoms with van der Waals surface area (Å²) >= 11 is 0. The Balaban J connectivity index is 2.47. The van der Waals surface area contributed by atoms with Gasteiger partial charge in [0.15, 0.2) is 0 Å². The molecule has 0 N–H and O–H groups in total. The van der Waals surface area contributed by atoms with Crippen LogP contribution in [0.4, 0.5) is 0 Å². The number of hydrogen-bond acceptors (Lipinski definition) is 1. The first-order valence-corrected chi connectivity index (χ1v) is 3.43. The van der Waals surface area contributed by atoms with Gasteiger partial charge in [-0.3, -0.25) is 4.79 Å². The van der Waals surface area contributed by atoms with E-state index in [2.05, 4.69) is 6.58 Å². The summed E-state index contributed by atoms with van der Waals surface area (Å²) in [6.07, 6.45) is 6.92. The molecule has 1 heterocycles. The molecule has 0 radical (unpaired) electrons. The van der Waals surface area contributed by atoms with E-state index in [1.807, 2.05) is 0 Å². The highest BCUT2D eigenvalue weighted by molar-refractivity contribution is 5.79. The van der Waals surface area contributed by atoms with Gasteiger partial charge in [0.25, 0.3) is 0 Å². The van der Waals surface area contributed by atoms with Crippen LogP contribution in [0.2, 0.25) is 0 Å². The van der Waals surface area contributed by atoms with Crippen LogP contribution in [0.25, 0.3) is 0 Å². The molecule has 1 amide bonds. The minimum Gasteiger partial charge on any atom is -0.319 e. The van der Waals surface area contributed by atoms with Crippen LogP contribution >= 0.6 is 0 Å². The number of nitrogens with zero attached hydrogens (tertiary/aromatic N) is 1. The van der Waals surface area contributed by atoms with Gasteiger partial charge in [-0.2, -0.15) is 0 Å². The topological polar surface area (TPSA) is 20.3 Å². The lowest BCUT2D eigenvalue weighted by Crippen LogP contribution is -2.16. The molecular weight excluding hydrogens is 126 g/mol. The van der Waals surface area contributed by atoms with E-state index in [0.29, 0.717) is 6.42 Å². The van der Waals surface area contributed by atoms with Crippen molar-refractivity contribution in [3.05, 3.63) is 24.9 Å². The number of carbonyl (C=O) groups is 1. The second-order valence-electron chi connectivity index (χ2n) is 2.27. The molecule has 0 aromatic rings. The van der Waals surface area contributed by atoms with Crippen LogP contribution in [-0.4, -0.2) is 17.4 Å². The van der Waals surface area contributed by atoms with Gasteiger partial charge in [-0.05, 0) is 12.5 Å². The maximum atomic E-state index is 10.9. The number of carbonyl (C=O) groups excluding carboxylic acids is 1. The summed E-state index contributed by atoms with van der Waals surface area (Å²) in [4.78, 5) is 12.6. The molecular formula is C8H11NO. The Morgan fingerprint density at radius 1 is 1.60 bits per heavy atom. The summed E-state index contributed by atoms with van der Waals surface area (Å²) in [5.41, 5.74) is 0. The van der Waals surface area contributed by atoms with Crippen molar-refractivity contribution >= 4 is 5.91 Å². The molecule has 0 saturated carbocycles. The standard InChI is InChI=1S/C8H11NO/c1-2-3-6-9-7-4-5-8(9)10/h2-3,6H,1,4-5,7H2. The number of hydrogen-bond donors (Lipinski definition) is 0. The van der Waals surface area contributed by atoms with Crippen molar-refractivity contribution in [2.45, 2.75) is 12.8 Å². The van der Waals surface area contributed by atoms with E-state index >= 15 is 0 Å². The Labute approximate surface area is 60.8 Å². The minimum absolute atomic E-state index is 0.220. The summed E-state index contributed by atoms with van der Waals surface area (Å²) < 4.78 is 0. The summed E-state index contributed by atoms with van der Waals surface area (Å²) in [7, 11) is 0. The monoisotopic (exact) mass is 137 g/mol. The van der Waals surface area contributed by atoms with Gasteiger partial charge in [-0.25, -0.2) is 0 Å². The van der Waals surface area contributed by atoms with E-state index in [9.17, 15) is 4.79 Å². The highest BCUT2D eigenvalue weighted by Gasteiger charge is 2.16. The second-order valence-corrected chi connectivity index (χ2v) is 2.27. The van der Waals surface area contributed by atoms with Crippen LogP contribution in [0, 0.1) is 0 Å². The van der Waals surface area contributed by atoms with Crippen molar-refractivity contribution in [2.24, 2.45) is 0 Å². The smallest absolute Gasteiger partial charge is 0.226 e. The van der Waals surface area contributed by atoms with Crippen LogP contribution in [0.15, 0.2) is 24.9 Å². The van der Waals surface area contributed by atoms with Crippen LogP contribution in [0.1, 0.15) is 12.8 Å². The summed E-state index contributed by atoms with van der Waals surface area (Å²) in [6, 6.07) is 0. The Bertz CT molecular complexity index is 172. The van der Waals surface area contributed by atoms with Crippen molar-refractivity contribution in [2.75, 3.05) is 6.54 Å². The molecule has 1 fully saturated rings. The third-order valence-electron chi connectivity index (χ3n) is 1.51. The average Bonchev–Trinajstić information content (AvgIpc) is 2.31. The SMILES string of the molecule is C=CC=CN1CCCC1=O. The quantitative estimate of drug-likeness (QED) is 0.525. The van der Waals surface area contributed by atoms with Crippen molar-refractivity contribution in [1.29, 1.82) is 0 Å². The normalized spacial score (nSPS) is 18.8. The van der Waals surface area contributed by atoms with Gasteiger partial charge in [-0.15, -0.1) is 0 Å². The van der Waals surface area contributed by atoms with Gasteiger partial charge < -0.3 is 4.90 Å². The third kappa shape index (κ3) is 1.47. The lowest BCUT2D eigenvalue weighted by Gasteiger charge is -2.06. The number of likely N-dealkylation sites (tertiary alicyclic amines) is 1. The summed E-state index contributed by atoms with van der Waals surface area (Å²) in [5, 5.41) is 0. The third-order valence-corrected chi connectivity index (χ3v) is 1.51. The Morgan fingerprint density at radius 3 is 2.90 bits per heavy atom. The summed E-state index contributed by atoms with van der Waals surface area (Å²) in [6.45, 7) is 4.39. The second kappa shape index (κ2) is 3.20. The van der Waals surface area contributed by atoms with Gasteiger partial charge in [-0.1, -0.05) is 12.7 Å². The first kappa shape index (κ1) is 7.06. The molecule has 54 valence electrons. The van der Waals surface area contributed by atoms with Crippen molar-refractivity contribution in [3.63, 3.8) is 0 Å². The predicted molar refractivity (Wildman–Crippen MR) is 40.3 cm³/mol. The molecule has 0 unspecified atom stereocenters. The molecule has 0 aromatic carbocycles. The van der Waals surface area contributed by atoms with Gasteiger partial charge in [0, 0.05) is 19.2 Å². The fourth-order valence-electron chi connectivity index (χ4n) is 0.991. The van der Waals surface area contributed by atoms with Crippen molar-refractivity contribution in [3.8, 4) is 0 Å². The molecule has 2 nitrogen and oxygen atoms in total. The van der Waals surface area contributed by atoms with E-state index in [-0.39, 0.29) is 5.91 Å². The molecule has 0 aromatic heterocycles. The van der Waals surface area contributed by atoms with Crippen LogP contribution in [0.5, 0.6) is 0 Å². The molecule has 1 aliphatic heterocycles. The lowest BCUT2D eigenvalue weighted by atomic mass is 10.4. The van der Waals surface area contributed by atoms with E-state index in [1.54, 1.807) is 23.3 Å². The largest absolute Gasteiger partial charge is 0.319 e. The van der Waals surface area contributed by atoms with Gasteiger partial charge >= 0.3 is 0 Å². The number of rotatable bonds is 2. The maximum Gasteiger partial charge on any atom is 0.226 e. The van der Waals surface area contributed by atoms with Crippen LogP contribution in [0.3, 0.4) is 0 Å². The van der Waals surface area contributed by atoms with Crippen molar-refractivity contribution < 1.29 is 4.79 Å². The average molecular weight is 137 g/mol. The van der Waals surface area contributed by atoms with E-state index in [0.717, 1.165) is 13.0 Å². The minimum atomic E-state index is 0.220. The molecule has 10 heavy (non-hydrogen) atoms. The van der Waals surface area contributed by atoms with E-state index in [1.165, 1.54) is 0 Å². The molecule has 1 saturated heterocycles. The zero-order valence-corrected chi connectivity index (χ0v) is 5.92. The Hall–Kier alpha value is -1.05. The van der Waals surface area contributed by atoms with Crippen LogP contribution in [-0.2, 0) is 4.79 Å². The number of allylic oxidation sites excluding steroid dienone is 2. The molecule has 0 aliphatic carbocycles. The van der Waals surface area contributed by atoms with Gasteiger partial charge in [0.1, 0.15) is 0 Å². The molecule has 1 rings (SSSR count). The Kier molecular flexibility index (Phi) is 2.26. The molecule has 2 heteroatoms. The van der Waals surface area contributed by atoms with Crippen molar-refractivity contribution in [1.82, 2.24) is 4.90 Å². The first-order valence-electron chi connectivity index (χ1n) is 3.43. The van der Waals surface area contributed by atoms with Gasteiger partial charge in [0.2, 0.25) is 5.91 Å². The zero-order chi connectivity index (χ0) is 7.40. The molecule has 0 spiro atoms. The van der Waals surface area contributed by atoms with E-state index in [4.69, 9.17) is 0 Å². The predicted octanol–water partition coefficient (Wildman–Crippen LogP) is 1.31. The maximum absolute atomic E-state index is 10.9. The number of amides is 1. The fraction of sp³-hybridized carbons (Fsp3) is 0.375. The fourth-order valence-corrected chi connectivity index (χ4v) is 0.991. The van der Waals surface area contributed by atoms with E-state index < -0.39 is 0 Å². The van der Waals surface area contributed by atoms with Crippen LogP contribution < -0.4 is 0 Å². The lowest BCUT2D eigenvalue weighted by molar-refractivity contribution is -0.125. The molecule has 0 atom stereocenters. The zero-order valence-electron chi connectivity index (χ0n) is 5.92. The first-order chi connectivity index (χ1) is 4.84. The molecule has 0 bridgehead atoms. The summed E-state index contributed by atoms with van der Waals surface area (Å²) in [5.74, 6) is 0.220. The Morgan fingerprint density at radius 2 is 2.40 bits per heavy atom. The van der Waals surface area contributed by atoms with Gasteiger partial charge in [0.05, 0.1) is 0 Å². The highest BCUT2D eigenvalue weighted by atomic mass is 16.2. The highest BCUT2D eigenvalue weighted by Crippen LogP contribution is 2.09. The molecule has 1 aliphatic rings.